The lowest BCUT2D eigenvalue weighted by atomic mass is 10.3. The third-order valence-electron chi connectivity index (χ3n) is 1.87. The van der Waals surface area contributed by atoms with Crippen LogP contribution in [0.15, 0.2) is 22.8 Å². The van der Waals surface area contributed by atoms with Crippen LogP contribution in [0.25, 0.3) is 10.8 Å². The van der Waals surface area contributed by atoms with E-state index in [-0.39, 0.29) is 0 Å². The minimum absolute atomic E-state index is 0.680. The Balaban J connectivity index is 2.48. The fourth-order valence-electron chi connectivity index (χ4n) is 1.18. The molecule has 0 fully saturated rings. The molecule has 0 N–H and O–H groups in total. The van der Waals surface area contributed by atoms with Crippen molar-refractivity contribution in [2.24, 2.45) is 0 Å². The van der Waals surface area contributed by atoms with Gasteiger partial charge in [0.15, 0.2) is 10.8 Å². The summed E-state index contributed by atoms with van der Waals surface area (Å²) in [5, 5.41) is 9.63. The summed E-state index contributed by atoms with van der Waals surface area (Å²) in [6.07, 6.45) is 2.38. The van der Waals surface area contributed by atoms with Crippen molar-refractivity contribution in [2.45, 2.75) is 13.3 Å². The summed E-state index contributed by atoms with van der Waals surface area (Å²) in [6.45, 7) is 1.99. The number of rotatable bonds is 2. The zero-order valence-electron chi connectivity index (χ0n) is 7.65. The smallest absolute Gasteiger partial charge is 0.162 e. The number of nitrogens with zero attached hydrogens (tertiary/aromatic N) is 2. The maximum atomic E-state index is 8.85. The van der Waals surface area contributed by atoms with E-state index < -0.39 is 0 Å². The van der Waals surface area contributed by atoms with Crippen molar-refractivity contribution in [1.29, 1.82) is 5.26 Å². The molecule has 0 amide bonds. The molecule has 0 aromatic carbocycles. The Kier molecular flexibility index (Phi) is 2.33. The molecule has 0 aliphatic carbocycles. The van der Waals surface area contributed by atoms with E-state index >= 15 is 0 Å². The standard InChI is InChI=1S/C10H8N2OS/c1-2-7-9(6-11)14-10(12-7)8-4-3-5-13-8/h3-5H,2H2,1H3. The molecule has 0 unspecified atom stereocenters. The minimum atomic E-state index is 0.680. The van der Waals surface area contributed by atoms with E-state index in [2.05, 4.69) is 11.1 Å². The van der Waals surface area contributed by atoms with Crippen LogP contribution < -0.4 is 0 Å². The Morgan fingerprint density at radius 3 is 3.00 bits per heavy atom. The van der Waals surface area contributed by atoms with Crippen molar-refractivity contribution in [2.75, 3.05) is 0 Å². The molecule has 2 aromatic heterocycles. The van der Waals surface area contributed by atoms with Crippen LogP contribution in [0.4, 0.5) is 0 Å². The maximum Gasteiger partial charge on any atom is 0.162 e. The average Bonchev–Trinajstić information content (AvgIpc) is 2.85. The zero-order valence-corrected chi connectivity index (χ0v) is 8.47. The van der Waals surface area contributed by atoms with Gasteiger partial charge in [-0.2, -0.15) is 5.26 Å². The lowest BCUT2D eigenvalue weighted by Gasteiger charge is -1.86. The first-order chi connectivity index (χ1) is 6.85. The van der Waals surface area contributed by atoms with E-state index in [1.165, 1.54) is 11.3 Å². The highest BCUT2D eigenvalue weighted by Crippen LogP contribution is 2.27. The summed E-state index contributed by atoms with van der Waals surface area (Å²) in [5.74, 6) is 0.728. The fourth-order valence-corrected chi connectivity index (χ4v) is 2.10. The van der Waals surface area contributed by atoms with Gasteiger partial charge >= 0.3 is 0 Å². The van der Waals surface area contributed by atoms with Gasteiger partial charge in [0.2, 0.25) is 0 Å². The van der Waals surface area contributed by atoms with Crippen LogP contribution in [-0.4, -0.2) is 4.98 Å². The Bertz CT molecular complexity index is 465. The van der Waals surface area contributed by atoms with Crippen LogP contribution in [0.5, 0.6) is 0 Å². The first kappa shape index (κ1) is 8.97. The van der Waals surface area contributed by atoms with E-state index in [1.807, 2.05) is 19.1 Å². The molecular formula is C10H8N2OS. The molecule has 4 heteroatoms. The zero-order chi connectivity index (χ0) is 9.97. The molecule has 0 atom stereocenters. The number of thiazole rings is 1. The molecule has 0 radical (unpaired) electrons. The SMILES string of the molecule is CCc1nc(-c2ccco2)sc1C#N. The molecule has 0 saturated heterocycles. The van der Waals surface area contributed by atoms with Crippen LogP contribution in [0.3, 0.4) is 0 Å². The molecule has 0 aliphatic rings. The van der Waals surface area contributed by atoms with Crippen LogP contribution in [0.1, 0.15) is 17.5 Å². The molecule has 0 saturated carbocycles. The lowest BCUT2D eigenvalue weighted by Crippen LogP contribution is -1.82. The first-order valence-corrected chi connectivity index (χ1v) is 5.10. The monoisotopic (exact) mass is 204 g/mol. The second-order valence-electron chi connectivity index (χ2n) is 2.74. The third kappa shape index (κ3) is 1.42. The van der Waals surface area contributed by atoms with Crippen LogP contribution in [0, 0.1) is 11.3 Å². The normalized spacial score (nSPS) is 10.0. The van der Waals surface area contributed by atoms with Crippen molar-refractivity contribution in [3.63, 3.8) is 0 Å². The van der Waals surface area contributed by atoms with Gasteiger partial charge < -0.3 is 4.42 Å². The highest BCUT2D eigenvalue weighted by atomic mass is 32.1. The van der Waals surface area contributed by atoms with E-state index in [9.17, 15) is 0 Å². The quantitative estimate of drug-likeness (QED) is 0.755. The predicted octanol–water partition coefficient (Wildman–Crippen LogP) is 2.84. The van der Waals surface area contributed by atoms with Gasteiger partial charge in [0.05, 0.1) is 12.0 Å². The van der Waals surface area contributed by atoms with Crippen molar-refractivity contribution in [3.8, 4) is 16.8 Å². The predicted molar refractivity (Wildman–Crippen MR) is 53.9 cm³/mol. The van der Waals surface area contributed by atoms with Crippen LogP contribution in [-0.2, 0) is 6.42 Å². The molecular weight excluding hydrogens is 196 g/mol. The summed E-state index contributed by atoms with van der Waals surface area (Å²) in [4.78, 5) is 5.02. The number of nitriles is 1. The Morgan fingerprint density at radius 1 is 1.64 bits per heavy atom. The third-order valence-corrected chi connectivity index (χ3v) is 2.88. The molecule has 2 heterocycles. The maximum absolute atomic E-state index is 8.85. The van der Waals surface area contributed by atoms with E-state index in [4.69, 9.17) is 9.68 Å². The highest BCUT2D eigenvalue weighted by Gasteiger charge is 2.11. The summed E-state index contributed by atoms with van der Waals surface area (Å²) in [7, 11) is 0. The second-order valence-corrected chi connectivity index (χ2v) is 3.74. The van der Waals surface area contributed by atoms with Crippen molar-refractivity contribution >= 4 is 11.3 Å². The first-order valence-electron chi connectivity index (χ1n) is 4.28. The van der Waals surface area contributed by atoms with Gasteiger partial charge in [0.1, 0.15) is 10.9 Å². The van der Waals surface area contributed by atoms with Gasteiger partial charge in [0, 0.05) is 0 Å². The molecule has 2 aromatic rings. The molecule has 0 spiro atoms. The van der Waals surface area contributed by atoms with E-state index in [0.29, 0.717) is 4.88 Å². The van der Waals surface area contributed by atoms with Crippen LogP contribution in [0.2, 0.25) is 0 Å². The topological polar surface area (TPSA) is 49.8 Å². The number of furan rings is 1. The number of aromatic nitrogens is 1. The fraction of sp³-hybridized carbons (Fsp3) is 0.200. The largest absolute Gasteiger partial charge is 0.462 e. The van der Waals surface area contributed by atoms with Crippen molar-refractivity contribution < 1.29 is 4.42 Å². The summed E-state index contributed by atoms with van der Waals surface area (Å²) < 4.78 is 5.22. The van der Waals surface area contributed by atoms with Gasteiger partial charge in [-0.05, 0) is 18.6 Å². The summed E-state index contributed by atoms with van der Waals surface area (Å²) in [6, 6.07) is 5.80. The number of aryl methyl sites for hydroxylation is 1. The summed E-state index contributed by atoms with van der Waals surface area (Å²) >= 11 is 1.38. The molecule has 14 heavy (non-hydrogen) atoms. The van der Waals surface area contributed by atoms with E-state index in [1.54, 1.807) is 6.26 Å². The van der Waals surface area contributed by atoms with Crippen molar-refractivity contribution in [1.82, 2.24) is 4.98 Å². The summed E-state index contributed by atoms with van der Waals surface area (Å²) in [5.41, 5.74) is 0.851. The average molecular weight is 204 g/mol. The highest BCUT2D eigenvalue weighted by molar-refractivity contribution is 7.15. The van der Waals surface area contributed by atoms with Gasteiger partial charge in [-0.25, -0.2) is 4.98 Å². The molecule has 0 bridgehead atoms. The molecule has 3 nitrogen and oxygen atoms in total. The molecule has 0 aliphatic heterocycles. The molecule has 70 valence electrons. The molecule has 2 rings (SSSR count). The van der Waals surface area contributed by atoms with Gasteiger partial charge in [0.25, 0.3) is 0 Å². The van der Waals surface area contributed by atoms with E-state index in [0.717, 1.165) is 22.9 Å². The Labute approximate surface area is 85.6 Å². The van der Waals surface area contributed by atoms with Crippen molar-refractivity contribution in [3.05, 3.63) is 29.0 Å². The van der Waals surface area contributed by atoms with Crippen LogP contribution >= 0.6 is 11.3 Å². The Morgan fingerprint density at radius 2 is 2.50 bits per heavy atom. The Hall–Kier alpha value is -1.60. The lowest BCUT2D eigenvalue weighted by molar-refractivity contribution is 0.581. The minimum Gasteiger partial charge on any atom is -0.462 e. The van der Waals surface area contributed by atoms with Gasteiger partial charge in [-0.1, -0.05) is 18.3 Å². The number of hydrogen-bond acceptors (Lipinski definition) is 4. The van der Waals surface area contributed by atoms with Gasteiger partial charge in [-0.3, -0.25) is 0 Å². The second kappa shape index (κ2) is 3.64. The van der Waals surface area contributed by atoms with Gasteiger partial charge in [-0.15, -0.1) is 0 Å². The number of hydrogen-bond donors (Lipinski definition) is 0.